The van der Waals surface area contributed by atoms with Gasteiger partial charge in [0.1, 0.15) is 5.15 Å². The smallest absolute Gasteiger partial charge is 0.255 e. The van der Waals surface area contributed by atoms with E-state index in [9.17, 15) is 15.0 Å². The highest BCUT2D eigenvalue weighted by molar-refractivity contribution is 6.29. The van der Waals surface area contributed by atoms with E-state index in [0.717, 1.165) is 0 Å². The summed E-state index contributed by atoms with van der Waals surface area (Å²) in [5.74, 6) is -0.264. The molecule has 1 aromatic heterocycles. The second-order valence-corrected chi connectivity index (χ2v) is 4.10. The van der Waals surface area contributed by atoms with Crippen molar-refractivity contribution in [3.05, 3.63) is 29.0 Å². The second-order valence-electron chi connectivity index (χ2n) is 3.71. The number of pyridine rings is 1. The molecule has 0 aliphatic carbocycles. The molecule has 2 atom stereocenters. The highest BCUT2D eigenvalue weighted by Crippen LogP contribution is 2.14. The van der Waals surface area contributed by atoms with Crippen molar-refractivity contribution in [2.75, 3.05) is 13.1 Å². The number of β-amino-alcohol motifs (C(OH)–C–C–N with tert-alkyl or cyclic N) is 2. The van der Waals surface area contributed by atoms with Crippen molar-refractivity contribution in [2.45, 2.75) is 12.2 Å². The molecule has 86 valence electrons. The number of aliphatic hydroxyl groups excluding tert-OH is 2. The predicted octanol–water partition coefficient (Wildman–Crippen LogP) is -0.0874. The van der Waals surface area contributed by atoms with Gasteiger partial charge in [0.15, 0.2) is 0 Å². The highest BCUT2D eigenvalue weighted by atomic mass is 35.5. The highest BCUT2D eigenvalue weighted by Gasteiger charge is 2.32. The van der Waals surface area contributed by atoms with Crippen LogP contribution in [0.4, 0.5) is 0 Å². The lowest BCUT2D eigenvalue weighted by atomic mass is 10.2. The van der Waals surface area contributed by atoms with Gasteiger partial charge in [-0.1, -0.05) is 11.6 Å². The molecule has 6 heteroatoms. The maximum Gasteiger partial charge on any atom is 0.255 e. The van der Waals surface area contributed by atoms with Crippen molar-refractivity contribution in [3.8, 4) is 0 Å². The summed E-state index contributed by atoms with van der Waals surface area (Å²) in [7, 11) is 0. The quantitative estimate of drug-likeness (QED) is 0.676. The van der Waals surface area contributed by atoms with Crippen molar-refractivity contribution in [2.24, 2.45) is 0 Å². The van der Waals surface area contributed by atoms with E-state index in [2.05, 4.69) is 4.98 Å². The fraction of sp³-hybridized carbons (Fsp3) is 0.400. The van der Waals surface area contributed by atoms with E-state index < -0.39 is 12.2 Å². The zero-order valence-electron chi connectivity index (χ0n) is 8.38. The number of hydrogen-bond donors (Lipinski definition) is 2. The van der Waals surface area contributed by atoms with E-state index in [4.69, 9.17) is 11.6 Å². The Bertz CT molecular complexity index is 386. The Morgan fingerprint density at radius 3 is 2.50 bits per heavy atom. The van der Waals surface area contributed by atoms with E-state index in [0.29, 0.717) is 10.7 Å². The first-order chi connectivity index (χ1) is 7.58. The number of likely N-dealkylation sites (tertiary alicyclic amines) is 1. The number of amides is 1. The summed E-state index contributed by atoms with van der Waals surface area (Å²) in [6.45, 7) is 0.283. The van der Waals surface area contributed by atoms with Crippen LogP contribution >= 0.6 is 11.6 Å². The Morgan fingerprint density at radius 2 is 2.00 bits per heavy atom. The molecule has 16 heavy (non-hydrogen) atoms. The molecule has 1 saturated heterocycles. The molecule has 0 bridgehead atoms. The zero-order valence-corrected chi connectivity index (χ0v) is 9.13. The summed E-state index contributed by atoms with van der Waals surface area (Å²) in [5, 5.41) is 19.0. The average molecular weight is 243 g/mol. The number of aromatic nitrogens is 1. The standard InChI is InChI=1S/C10H11ClN2O3/c11-9-2-1-6(3-12-9)10(16)13-4-7(14)8(15)5-13/h1-3,7-8,14-15H,4-5H2/t7-,8+. The molecular weight excluding hydrogens is 232 g/mol. The van der Waals surface area contributed by atoms with E-state index in [-0.39, 0.29) is 19.0 Å². The predicted molar refractivity (Wildman–Crippen MR) is 57.2 cm³/mol. The van der Waals surface area contributed by atoms with Crippen LogP contribution in [-0.4, -0.2) is 51.3 Å². The van der Waals surface area contributed by atoms with Crippen LogP contribution in [0.15, 0.2) is 18.3 Å². The molecule has 1 aliphatic heterocycles. The first-order valence-corrected chi connectivity index (χ1v) is 5.22. The van der Waals surface area contributed by atoms with Crippen LogP contribution in [0.5, 0.6) is 0 Å². The van der Waals surface area contributed by atoms with Gasteiger partial charge >= 0.3 is 0 Å². The number of carbonyl (C=O) groups excluding carboxylic acids is 1. The third-order valence-corrected chi connectivity index (χ3v) is 2.74. The number of halogens is 1. The Hall–Kier alpha value is -1.17. The molecule has 5 nitrogen and oxygen atoms in total. The Balaban J connectivity index is 2.11. The minimum Gasteiger partial charge on any atom is -0.388 e. The van der Waals surface area contributed by atoms with Crippen molar-refractivity contribution in [1.29, 1.82) is 0 Å². The average Bonchev–Trinajstić information content (AvgIpc) is 2.59. The van der Waals surface area contributed by atoms with E-state index in [1.54, 1.807) is 6.07 Å². The van der Waals surface area contributed by atoms with Crippen LogP contribution in [0.25, 0.3) is 0 Å². The monoisotopic (exact) mass is 242 g/mol. The van der Waals surface area contributed by atoms with Crippen LogP contribution in [0, 0.1) is 0 Å². The molecule has 2 heterocycles. The van der Waals surface area contributed by atoms with E-state index in [1.165, 1.54) is 17.2 Å². The molecule has 1 aromatic rings. The third kappa shape index (κ3) is 2.16. The lowest BCUT2D eigenvalue weighted by Gasteiger charge is -2.14. The van der Waals surface area contributed by atoms with Crippen molar-refractivity contribution in [3.63, 3.8) is 0 Å². The number of aliphatic hydroxyl groups is 2. The summed E-state index contributed by atoms with van der Waals surface area (Å²) in [4.78, 5) is 17.1. The molecule has 0 radical (unpaired) electrons. The van der Waals surface area contributed by atoms with Crippen molar-refractivity contribution in [1.82, 2.24) is 9.88 Å². The molecule has 1 aliphatic rings. The third-order valence-electron chi connectivity index (χ3n) is 2.52. The fourth-order valence-corrected chi connectivity index (χ4v) is 1.73. The molecule has 0 spiro atoms. The normalized spacial score (nSPS) is 24.8. The van der Waals surface area contributed by atoms with Crippen LogP contribution in [0.3, 0.4) is 0 Å². The van der Waals surface area contributed by atoms with Gasteiger partial charge in [-0.15, -0.1) is 0 Å². The van der Waals surface area contributed by atoms with Crippen LogP contribution in [0.2, 0.25) is 5.15 Å². The summed E-state index contributed by atoms with van der Waals surface area (Å²) < 4.78 is 0. The maximum atomic E-state index is 11.9. The number of nitrogens with zero attached hydrogens (tertiary/aromatic N) is 2. The fourth-order valence-electron chi connectivity index (χ4n) is 1.62. The molecule has 0 saturated carbocycles. The van der Waals surface area contributed by atoms with Crippen LogP contribution < -0.4 is 0 Å². The molecule has 0 unspecified atom stereocenters. The van der Waals surface area contributed by atoms with Crippen LogP contribution in [0.1, 0.15) is 10.4 Å². The van der Waals surface area contributed by atoms with Crippen molar-refractivity contribution >= 4 is 17.5 Å². The Kier molecular flexibility index (Phi) is 3.09. The first-order valence-electron chi connectivity index (χ1n) is 4.85. The molecule has 2 rings (SSSR count). The number of hydrogen-bond acceptors (Lipinski definition) is 4. The SMILES string of the molecule is O=C(c1ccc(Cl)nc1)N1C[C@@H](O)[C@@H](O)C1. The van der Waals surface area contributed by atoms with Crippen LogP contribution in [-0.2, 0) is 0 Å². The minimum atomic E-state index is -0.871. The van der Waals surface area contributed by atoms with Gasteiger partial charge in [-0.05, 0) is 12.1 Å². The van der Waals surface area contributed by atoms with Gasteiger partial charge < -0.3 is 15.1 Å². The summed E-state index contributed by atoms with van der Waals surface area (Å²) in [6.07, 6.45) is -0.365. The van der Waals surface area contributed by atoms with Gasteiger partial charge in [-0.25, -0.2) is 4.98 Å². The molecule has 0 aromatic carbocycles. The largest absolute Gasteiger partial charge is 0.388 e. The number of carbonyl (C=O) groups is 1. The van der Waals surface area contributed by atoms with Gasteiger partial charge in [0, 0.05) is 19.3 Å². The van der Waals surface area contributed by atoms with Crippen molar-refractivity contribution < 1.29 is 15.0 Å². The maximum absolute atomic E-state index is 11.9. The molecule has 1 amide bonds. The minimum absolute atomic E-state index is 0.141. The van der Waals surface area contributed by atoms with Gasteiger partial charge in [-0.3, -0.25) is 4.79 Å². The second kappa shape index (κ2) is 4.37. The lowest BCUT2D eigenvalue weighted by Crippen LogP contribution is -2.29. The Morgan fingerprint density at radius 1 is 1.38 bits per heavy atom. The summed E-state index contributed by atoms with van der Waals surface area (Å²) in [6, 6.07) is 3.09. The topological polar surface area (TPSA) is 73.7 Å². The van der Waals surface area contributed by atoms with Gasteiger partial charge in [0.25, 0.3) is 5.91 Å². The molecule has 1 fully saturated rings. The summed E-state index contributed by atoms with van der Waals surface area (Å²) in [5.41, 5.74) is 0.394. The first kappa shape index (κ1) is 11.3. The van der Waals surface area contributed by atoms with Gasteiger partial charge in [0.2, 0.25) is 0 Å². The Labute approximate surface area is 97.3 Å². The van der Waals surface area contributed by atoms with E-state index >= 15 is 0 Å². The van der Waals surface area contributed by atoms with Gasteiger partial charge in [0.05, 0.1) is 17.8 Å². The lowest BCUT2D eigenvalue weighted by molar-refractivity contribution is 0.0572. The summed E-state index contributed by atoms with van der Waals surface area (Å²) >= 11 is 5.61. The number of rotatable bonds is 1. The zero-order chi connectivity index (χ0) is 11.7. The molecular formula is C10H11ClN2O3. The molecule has 2 N–H and O–H groups in total. The van der Waals surface area contributed by atoms with Gasteiger partial charge in [-0.2, -0.15) is 0 Å². The van der Waals surface area contributed by atoms with E-state index in [1.807, 2.05) is 0 Å².